The zero-order valence-corrected chi connectivity index (χ0v) is 13.0. The summed E-state index contributed by atoms with van der Waals surface area (Å²) in [6.07, 6.45) is 4.19. The van der Waals surface area contributed by atoms with E-state index >= 15 is 0 Å². The molecular formula is C17H24O4. The summed E-state index contributed by atoms with van der Waals surface area (Å²) < 4.78 is 15.5. The van der Waals surface area contributed by atoms with Crippen molar-refractivity contribution < 1.29 is 19.0 Å². The molecule has 0 aliphatic carbocycles. The number of esters is 1. The summed E-state index contributed by atoms with van der Waals surface area (Å²) in [5.41, 5.74) is 0.628. The van der Waals surface area contributed by atoms with E-state index in [4.69, 9.17) is 14.2 Å². The Kier molecular flexibility index (Phi) is 7.54. The molecule has 116 valence electrons. The second-order valence-electron chi connectivity index (χ2n) is 5.28. The summed E-state index contributed by atoms with van der Waals surface area (Å²) in [4.78, 5) is 11.7. The Hall–Kier alpha value is -1.81. The van der Waals surface area contributed by atoms with Gasteiger partial charge < -0.3 is 14.2 Å². The van der Waals surface area contributed by atoms with Crippen LogP contribution >= 0.6 is 0 Å². The van der Waals surface area contributed by atoms with Crippen molar-refractivity contribution in [1.29, 1.82) is 0 Å². The summed E-state index contributed by atoms with van der Waals surface area (Å²) in [6.45, 7) is 6.41. The SMILES string of the molecule is CCC(C)(C)C(=O)OCCOCO/C=C/c1ccccc1. The average Bonchev–Trinajstić information content (AvgIpc) is 2.50. The van der Waals surface area contributed by atoms with Crippen LogP contribution in [-0.4, -0.2) is 26.0 Å². The van der Waals surface area contributed by atoms with Crippen molar-refractivity contribution in [2.75, 3.05) is 20.0 Å². The molecule has 0 unspecified atom stereocenters. The van der Waals surface area contributed by atoms with Gasteiger partial charge in [0, 0.05) is 0 Å². The van der Waals surface area contributed by atoms with Gasteiger partial charge in [-0.05, 0) is 31.9 Å². The van der Waals surface area contributed by atoms with E-state index in [1.807, 2.05) is 57.2 Å². The molecule has 21 heavy (non-hydrogen) atoms. The third kappa shape index (κ3) is 6.95. The molecule has 1 aromatic rings. The predicted molar refractivity (Wildman–Crippen MR) is 82.4 cm³/mol. The summed E-state index contributed by atoms with van der Waals surface area (Å²) >= 11 is 0. The molecule has 0 amide bonds. The average molecular weight is 292 g/mol. The quantitative estimate of drug-likeness (QED) is 0.302. The Balaban J connectivity index is 2.05. The van der Waals surface area contributed by atoms with Crippen LogP contribution in [0.1, 0.15) is 32.8 Å². The van der Waals surface area contributed by atoms with Gasteiger partial charge in [0.1, 0.15) is 6.61 Å². The van der Waals surface area contributed by atoms with Crippen LogP contribution < -0.4 is 0 Å². The number of rotatable bonds is 9. The zero-order chi connectivity index (χ0) is 15.6. The van der Waals surface area contributed by atoms with Gasteiger partial charge >= 0.3 is 5.97 Å². The first-order chi connectivity index (χ1) is 10.1. The minimum atomic E-state index is -0.436. The molecular weight excluding hydrogens is 268 g/mol. The van der Waals surface area contributed by atoms with Crippen LogP contribution in [0, 0.1) is 5.41 Å². The van der Waals surface area contributed by atoms with Crippen molar-refractivity contribution >= 4 is 12.0 Å². The Morgan fingerprint density at radius 3 is 2.57 bits per heavy atom. The third-order valence-corrected chi connectivity index (χ3v) is 3.20. The Labute approximate surface area is 126 Å². The zero-order valence-electron chi connectivity index (χ0n) is 13.0. The van der Waals surface area contributed by atoms with Gasteiger partial charge in [0.15, 0.2) is 6.79 Å². The maximum absolute atomic E-state index is 11.7. The van der Waals surface area contributed by atoms with Crippen LogP contribution in [-0.2, 0) is 19.0 Å². The third-order valence-electron chi connectivity index (χ3n) is 3.20. The normalized spacial score (nSPS) is 11.6. The van der Waals surface area contributed by atoms with Gasteiger partial charge in [-0.1, -0.05) is 37.3 Å². The van der Waals surface area contributed by atoms with E-state index in [-0.39, 0.29) is 19.4 Å². The fourth-order valence-corrected chi connectivity index (χ4v) is 1.37. The molecule has 0 bridgehead atoms. The lowest BCUT2D eigenvalue weighted by Gasteiger charge is -2.20. The Morgan fingerprint density at radius 2 is 1.90 bits per heavy atom. The molecule has 4 heteroatoms. The van der Waals surface area contributed by atoms with Gasteiger partial charge in [-0.3, -0.25) is 4.79 Å². The molecule has 0 spiro atoms. The van der Waals surface area contributed by atoms with Crippen LogP contribution in [0.25, 0.3) is 6.08 Å². The standard InChI is InChI=1S/C17H24O4/c1-4-17(2,3)16(18)21-13-12-20-14-19-11-10-15-8-6-5-7-9-15/h5-11H,4,12-14H2,1-3H3/b11-10+. The smallest absolute Gasteiger partial charge is 0.311 e. The van der Waals surface area contributed by atoms with Gasteiger partial charge in [-0.15, -0.1) is 0 Å². The van der Waals surface area contributed by atoms with E-state index < -0.39 is 5.41 Å². The number of carbonyl (C=O) groups excluding carboxylic acids is 1. The first-order valence-electron chi connectivity index (χ1n) is 7.14. The number of ether oxygens (including phenoxy) is 3. The molecule has 0 fully saturated rings. The largest absolute Gasteiger partial charge is 0.475 e. The lowest BCUT2D eigenvalue weighted by Crippen LogP contribution is -2.27. The van der Waals surface area contributed by atoms with Gasteiger partial charge in [0.2, 0.25) is 0 Å². The second-order valence-corrected chi connectivity index (χ2v) is 5.28. The summed E-state index contributed by atoms with van der Waals surface area (Å²) in [7, 11) is 0. The Bertz CT molecular complexity index is 437. The van der Waals surface area contributed by atoms with Crippen LogP contribution in [0.4, 0.5) is 0 Å². The first kappa shape index (κ1) is 17.2. The van der Waals surface area contributed by atoms with E-state index in [1.54, 1.807) is 6.26 Å². The highest BCUT2D eigenvalue weighted by molar-refractivity contribution is 5.75. The lowest BCUT2D eigenvalue weighted by atomic mass is 9.91. The van der Waals surface area contributed by atoms with Crippen LogP contribution in [0.15, 0.2) is 36.6 Å². The molecule has 4 nitrogen and oxygen atoms in total. The molecule has 1 rings (SSSR count). The first-order valence-corrected chi connectivity index (χ1v) is 7.14. The highest BCUT2D eigenvalue weighted by Gasteiger charge is 2.26. The molecule has 0 atom stereocenters. The van der Waals surface area contributed by atoms with Crippen molar-refractivity contribution in [3.05, 3.63) is 42.2 Å². The van der Waals surface area contributed by atoms with Crippen LogP contribution in [0.2, 0.25) is 0 Å². The van der Waals surface area contributed by atoms with E-state index in [1.165, 1.54) is 0 Å². The summed E-state index contributed by atoms with van der Waals surface area (Å²) in [5.74, 6) is -0.196. The maximum atomic E-state index is 11.7. The molecule has 0 aromatic heterocycles. The fraction of sp³-hybridized carbons (Fsp3) is 0.471. The molecule has 0 aliphatic rings. The van der Waals surface area contributed by atoms with Crippen molar-refractivity contribution in [3.63, 3.8) is 0 Å². The molecule has 1 aromatic carbocycles. The van der Waals surface area contributed by atoms with Gasteiger partial charge in [0.05, 0.1) is 18.3 Å². The fourth-order valence-electron chi connectivity index (χ4n) is 1.37. The minimum Gasteiger partial charge on any atom is -0.475 e. The van der Waals surface area contributed by atoms with Crippen LogP contribution in [0.3, 0.4) is 0 Å². The Morgan fingerprint density at radius 1 is 1.19 bits per heavy atom. The van der Waals surface area contributed by atoms with E-state index in [9.17, 15) is 4.79 Å². The molecule has 0 radical (unpaired) electrons. The monoisotopic (exact) mass is 292 g/mol. The number of hydrogen-bond donors (Lipinski definition) is 0. The molecule has 0 N–H and O–H groups in total. The van der Waals surface area contributed by atoms with Gasteiger partial charge in [-0.25, -0.2) is 0 Å². The highest BCUT2D eigenvalue weighted by Crippen LogP contribution is 2.21. The number of benzene rings is 1. The van der Waals surface area contributed by atoms with Gasteiger partial charge in [0.25, 0.3) is 0 Å². The maximum Gasteiger partial charge on any atom is 0.311 e. The molecule has 0 aliphatic heterocycles. The topological polar surface area (TPSA) is 44.8 Å². The number of carbonyl (C=O) groups is 1. The molecule has 0 saturated heterocycles. The van der Waals surface area contributed by atoms with Crippen molar-refractivity contribution in [2.45, 2.75) is 27.2 Å². The van der Waals surface area contributed by atoms with E-state index in [2.05, 4.69) is 0 Å². The molecule has 0 saturated carbocycles. The van der Waals surface area contributed by atoms with Crippen molar-refractivity contribution in [3.8, 4) is 0 Å². The minimum absolute atomic E-state index is 0.137. The van der Waals surface area contributed by atoms with E-state index in [0.29, 0.717) is 6.61 Å². The van der Waals surface area contributed by atoms with Gasteiger partial charge in [-0.2, -0.15) is 0 Å². The lowest BCUT2D eigenvalue weighted by molar-refractivity contribution is -0.156. The summed E-state index contributed by atoms with van der Waals surface area (Å²) in [5, 5.41) is 0. The summed E-state index contributed by atoms with van der Waals surface area (Å²) in [6, 6.07) is 9.85. The van der Waals surface area contributed by atoms with Crippen molar-refractivity contribution in [1.82, 2.24) is 0 Å². The highest BCUT2D eigenvalue weighted by atomic mass is 16.7. The van der Waals surface area contributed by atoms with Crippen molar-refractivity contribution in [2.24, 2.45) is 5.41 Å². The predicted octanol–water partition coefficient (Wildman–Crippen LogP) is 3.63. The van der Waals surface area contributed by atoms with Crippen LogP contribution in [0.5, 0.6) is 0 Å². The van der Waals surface area contributed by atoms with E-state index in [0.717, 1.165) is 12.0 Å². The second kappa shape index (κ2) is 9.19. The molecule has 0 heterocycles. The number of hydrogen-bond acceptors (Lipinski definition) is 4.